The van der Waals surface area contributed by atoms with Crippen molar-refractivity contribution in [2.75, 3.05) is 5.73 Å². The van der Waals surface area contributed by atoms with E-state index in [1.165, 1.54) is 11.8 Å². The predicted molar refractivity (Wildman–Crippen MR) is 125 cm³/mol. The Kier molecular flexibility index (Phi) is 6.60. The van der Waals surface area contributed by atoms with Gasteiger partial charge in [0.05, 0.1) is 0 Å². The van der Waals surface area contributed by atoms with E-state index < -0.39 is 5.97 Å². The number of nitrogen functional groups attached to an aromatic ring is 1. The third-order valence-electron chi connectivity index (χ3n) is 4.93. The molecule has 4 heteroatoms. The van der Waals surface area contributed by atoms with Gasteiger partial charge >= 0.3 is 5.97 Å². The van der Waals surface area contributed by atoms with Crippen molar-refractivity contribution >= 4 is 35.1 Å². The molecule has 0 aliphatic carbocycles. The molecule has 3 aromatic carbocycles. The molecule has 30 heavy (non-hydrogen) atoms. The highest BCUT2D eigenvalue weighted by Crippen LogP contribution is 2.35. The Balaban J connectivity index is 2.21. The van der Waals surface area contributed by atoms with E-state index in [0.717, 1.165) is 40.3 Å². The van der Waals surface area contributed by atoms with Gasteiger partial charge in [0.15, 0.2) is 0 Å². The van der Waals surface area contributed by atoms with E-state index in [9.17, 15) is 4.79 Å². The average molecular weight is 396 g/mol. The van der Waals surface area contributed by atoms with E-state index in [2.05, 4.69) is 19.1 Å². The molecule has 0 spiro atoms. The Morgan fingerprint density at radius 3 is 2.23 bits per heavy atom. The largest absolute Gasteiger partial charge is 0.478 e. The predicted octanol–water partition coefficient (Wildman–Crippen LogP) is 5.73. The molecule has 0 amide bonds. The molecule has 0 radical (unpaired) electrons. The van der Waals surface area contributed by atoms with Crippen LogP contribution in [0.15, 0.2) is 78.9 Å². The lowest BCUT2D eigenvalue weighted by Crippen LogP contribution is -1.99. The SMILES string of the molecule is CC/C(=C(/c1ccc(/C=C/C(=O)O)cc1)c1ccc(N)c(C=N)c1)c1ccccc1. The van der Waals surface area contributed by atoms with Gasteiger partial charge in [-0.1, -0.05) is 67.6 Å². The zero-order valence-corrected chi connectivity index (χ0v) is 16.8. The summed E-state index contributed by atoms with van der Waals surface area (Å²) < 4.78 is 0. The molecule has 3 aromatic rings. The number of aliphatic carboxylic acids is 1. The molecule has 150 valence electrons. The molecule has 0 heterocycles. The number of nitrogens with one attached hydrogen (secondary N) is 1. The Morgan fingerprint density at radius 1 is 0.967 bits per heavy atom. The maximum absolute atomic E-state index is 10.8. The molecular weight excluding hydrogens is 372 g/mol. The molecule has 4 N–H and O–H groups in total. The number of carbonyl (C=O) groups is 1. The summed E-state index contributed by atoms with van der Waals surface area (Å²) in [5.74, 6) is -0.974. The molecule has 0 aliphatic heterocycles. The number of anilines is 1. The van der Waals surface area contributed by atoms with E-state index >= 15 is 0 Å². The molecule has 0 saturated carbocycles. The standard InChI is InChI=1S/C26H24N2O2/c1-2-23(19-6-4-3-5-7-19)26(21-13-14-24(28)22(16-21)17-27)20-11-8-18(9-12-20)10-15-25(29)30/h3-17,27H,2,28H2,1H3,(H,29,30)/b15-10+,26-23+,27-17?. The monoisotopic (exact) mass is 396 g/mol. The number of rotatable bonds is 7. The van der Waals surface area contributed by atoms with Crippen LogP contribution in [-0.2, 0) is 4.79 Å². The van der Waals surface area contributed by atoms with Crippen LogP contribution < -0.4 is 5.73 Å². The number of carboxylic acid groups (broad SMARTS) is 1. The van der Waals surface area contributed by atoms with Crippen LogP contribution in [-0.4, -0.2) is 17.3 Å². The summed E-state index contributed by atoms with van der Waals surface area (Å²) in [7, 11) is 0. The highest BCUT2D eigenvalue weighted by Gasteiger charge is 2.14. The Morgan fingerprint density at radius 2 is 1.63 bits per heavy atom. The Hall–Kier alpha value is -3.92. The second kappa shape index (κ2) is 9.52. The molecule has 0 aromatic heterocycles. The Labute approximate surface area is 176 Å². The lowest BCUT2D eigenvalue weighted by atomic mass is 9.87. The van der Waals surface area contributed by atoms with Crippen LogP contribution in [0.5, 0.6) is 0 Å². The first-order valence-corrected chi connectivity index (χ1v) is 9.74. The van der Waals surface area contributed by atoms with Gasteiger partial charge in [-0.3, -0.25) is 0 Å². The third-order valence-corrected chi connectivity index (χ3v) is 4.93. The molecular formula is C26H24N2O2. The van der Waals surface area contributed by atoms with Crippen LogP contribution in [0.4, 0.5) is 5.69 Å². The van der Waals surface area contributed by atoms with Gasteiger partial charge in [-0.2, -0.15) is 0 Å². The highest BCUT2D eigenvalue weighted by atomic mass is 16.4. The molecule has 0 saturated heterocycles. The smallest absolute Gasteiger partial charge is 0.328 e. The van der Waals surface area contributed by atoms with Crippen molar-refractivity contribution in [2.45, 2.75) is 13.3 Å². The molecule has 4 nitrogen and oxygen atoms in total. The van der Waals surface area contributed by atoms with Gasteiger partial charge in [0.2, 0.25) is 0 Å². The van der Waals surface area contributed by atoms with Crippen LogP contribution in [0.3, 0.4) is 0 Å². The van der Waals surface area contributed by atoms with Crippen molar-refractivity contribution in [3.8, 4) is 0 Å². The summed E-state index contributed by atoms with van der Waals surface area (Å²) in [4.78, 5) is 10.8. The van der Waals surface area contributed by atoms with E-state index in [1.807, 2.05) is 60.7 Å². The molecule has 0 aliphatic rings. The fourth-order valence-electron chi connectivity index (χ4n) is 3.46. The number of hydrogen-bond acceptors (Lipinski definition) is 3. The number of carboxylic acids is 1. The summed E-state index contributed by atoms with van der Waals surface area (Å²) in [6, 6.07) is 23.8. The first-order chi connectivity index (χ1) is 14.5. The van der Waals surface area contributed by atoms with E-state index in [4.69, 9.17) is 16.2 Å². The van der Waals surface area contributed by atoms with E-state index in [1.54, 1.807) is 6.08 Å². The maximum Gasteiger partial charge on any atom is 0.328 e. The normalized spacial score (nSPS) is 11.9. The van der Waals surface area contributed by atoms with Crippen LogP contribution in [0.2, 0.25) is 0 Å². The van der Waals surface area contributed by atoms with Crippen molar-refractivity contribution in [1.29, 1.82) is 5.41 Å². The molecule has 0 fully saturated rings. The summed E-state index contributed by atoms with van der Waals surface area (Å²) in [6.07, 6.45) is 4.79. The van der Waals surface area contributed by atoms with Gasteiger partial charge in [0, 0.05) is 23.5 Å². The van der Waals surface area contributed by atoms with Gasteiger partial charge in [0.1, 0.15) is 0 Å². The van der Waals surface area contributed by atoms with Crippen molar-refractivity contribution in [3.05, 3.63) is 107 Å². The molecule has 0 atom stereocenters. The summed E-state index contributed by atoms with van der Waals surface area (Å²) in [5, 5.41) is 16.5. The van der Waals surface area contributed by atoms with Crippen molar-refractivity contribution in [1.82, 2.24) is 0 Å². The van der Waals surface area contributed by atoms with E-state index in [-0.39, 0.29) is 0 Å². The molecule has 0 unspecified atom stereocenters. The van der Waals surface area contributed by atoms with Crippen molar-refractivity contribution in [2.24, 2.45) is 0 Å². The van der Waals surface area contributed by atoms with E-state index in [0.29, 0.717) is 11.3 Å². The maximum atomic E-state index is 10.8. The van der Waals surface area contributed by atoms with Crippen LogP contribution in [0, 0.1) is 5.41 Å². The van der Waals surface area contributed by atoms with Gasteiger partial charge < -0.3 is 16.2 Å². The minimum atomic E-state index is -0.974. The van der Waals surface area contributed by atoms with Crippen molar-refractivity contribution < 1.29 is 9.90 Å². The van der Waals surface area contributed by atoms with Gasteiger partial charge in [-0.25, -0.2) is 4.79 Å². The lowest BCUT2D eigenvalue weighted by molar-refractivity contribution is -0.131. The lowest BCUT2D eigenvalue weighted by Gasteiger charge is -2.17. The van der Waals surface area contributed by atoms with Crippen LogP contribution in [0.1, 0.15) is 41.2 Å². The molecule has 0 bridgehead atoms. The third kappa shape index (κ3) is 4.73. The average Bonchev–Trinajstić information content (AvgIpc) is 2.77. The number of allylic oxidation sites excluding steroid dienone is 1. The quantitative estimate of drug-likeness (QED) is 0.206. The zero-order chi connectivity index (χ0) is 21.5. The summed E-state index contributed by atoms with van der Waals surface area (Å²) in [6.45, 7) is 2.13. The fraction of sp³-hybridized carbons (Fsp3) is 0.0769. The topological polar surface area (TPSA) is 87.2 Å². The van der Waals surface area contributed by atoms with Gasteiger partial charge in [-0.05, 0) is 58.0 Å². The van der Waals surface area contributed by atoms with Gasteiger partial charge in [-0.15, -0.1) is 0 Å². The minimum Gasteiger partial charge on any atom is -0.478 e. The van der Waals surface area contributed by atoms with Gasteiger partial charge in [0.25, 0.3) is 0 Å². The van der Waals surface area contributed by atoms with Crippen LogP contribution >= 0.6 is 0 Å². The fourth-order valence-corrected chi connectivity index (χ4v) is 3.46. The summed E-state index contributed by atoms with van der Waals surface area (Å²) >= 11 is 0. The second-order valence-corrected chi connectivity index (χ2v) is 6.85. The highest BCUT2D eigenvalue weighted by molar-refractivity contribution is 6.00. The first kappa shape index (κ1) is 20.8. The number of hydrogen-bond donors (Lipinski definition) is 3. The summed E-state index contributed by atoms with van der Waals surface area (Å²) in [5.41, 5.74) is 13.5. The second-order valence-electron chi connectivity index (χ2n) is 6.85. The minimum absolute atomic E-state index is 0.569. The Bertz CT molecular complexity index is 1110. The molecule has 3 rings (SSSR count). The first-order valence-electron chi connectivity index (χ1n) is 9.74. The zero-order valence-electron chi connectivity index (χ0n) is 16.8. The number of nitrogens with two attached hydrogens (primary N) is 1. The number of benzene rings is 3. The van der Waals surface area contributed by atoms with Crippen molar-refractivity contribution in [3.63, 3.8) is 0 Å². The van der Waals surface area contributed by atoms with Crippen LogP contribution in [0.25, 0.3) is 17.2 Å².